The van der Waals surface area contributed by atoms with Crippen LogP contribution in [0.25, 0.3) is 22.4 Å². The van der Waals surface area contributed by atoms with Crippen LogP contribution < -0.4 is 15.4 Å². The molecule has 162 valence electrons. The molecule has 1 amide bonds. The molecule has 9 heteroatoms. The SMILES string of the molecule is NC(=O)CC1CC(Oc2nc3nc(-c4ccc(N5CCOCC5)cc4)c(Cl)cc3[nH]2)C1. The number of ether oxygens (including phenoxy) is 2. The highest BCUT2D eigenvalue weighted by Crippen LogP contribution is 2.34. The molecule has 2 fully saturated rings. The smallest absolute Gasteiger partial charge is 0.296 e. The number of amides is 1. The number of hydrogen-bond donors (Lipinski definition) is 2. The van der Waals surface area contributed by atoms with Crippen molar-refractivity contribution in [3.05, 3.63) is 35.4 Å². The van der Waals surface area contributed by atoms with Crippen LogP contribution in [0.5, 0.6) is 6.01 Å². The van der Waals surface area contributed by atoms with Crippen LogP contribution in [0.15, 0.2) is 30.3 Å². The number of carbonyl (C=O) groups is 1. The lowest BCUT2D eigenvalue weighted by Crippen LogP contribution is -2.36. The van der Waals surface area contributed by atoms with Gasteiger partial charge in [-0.15, -0.1) is 0 Å². The van der Waals surface area contributed by atoms with E-state index in [9.17, 15) is 4.79 Å². The highest BCUT2D eigenvalue weighted by Gasteiger charge is 2.32. The Balaban J connectivity index is 1.31. The normalized spacial score (nSPS) is 21.1. The van der Waals surface area contributed by atoms with Crippen molar-refractivity contribution in [3.63, 3.8) is 0 Å². The molecule has 8 nitrogen and oxygen atoms in total. The van der Waals surface area contributed by atoms with Crippen molar-refractivity contribution in [2.45, 2.75) is 25.4 Å². The summed E-state index contributed by atoms with van der Waals surface area (Å²) in [6.07, 6.45) is 2.04. The molecule has 0 radical (unpaired) electrons. The summed E-state index contributed by atoms with van der Waals surface area (Å²) in [6, 6.07) is 10.5. The van der Waals surface area contributed by atoms with Crippen molar-refractivity contribution < 1.29 is 14.3 Å². The largest absolute Gasteiger partial charge is 0.461 e. The van der Waals surface area contributed by atoms with E-state index in [0.29, 0.717) is 34.7 Å². The number of carbonyl (C=O) groups excluding carboxylic acids is 1. The molecule has 1 aromatic carbocycles. The average molecular weight is 442 g/mol. The first-order chi connectivity index (χ1) is 15.0. The van der Waals surface area contributed by atoms with Gasteiger partial charge in [0.15, 0.2) is 5.65 Å². The first-order valence-corrected chi connectivity index (χ1v) is 10.9. The monoisotopic (exact) mass is 441 g/mol. The molecule has 3 N–H and O–H groups in total. The van der Waals surface area contributed by atoms with E-state index in [1.165, 1.54) is 0 Å². The predicted octanol–water partition coefficient (Wildman–Crippen LogP) is 3.15. The zero-order valence-electron chi connectivity index (χ0n) is 17.0. The quantitative estimate of drug-likeness (QED) is 0.608. The number of halogens is 1. The predicted molar refractivity (Wildman–Crippen MR) is 118 cm³/mol. The van der Waals surface area contributed by atoms with Gasteiger partial charge < -0.3 is 25.1 Å². The van der Waals surface area contributed by atoms with E-state index in [4.69, 9.17) is 26.8 Å². The van der Waals surface area contributed by atoms with Gasteiger partial charge in [0.1, 0.15) is 6.10 Å². The van der Waals surface area contributed by atoms with Crippen molar-refractivity contribution in [2.75, 3.05) is 31.2 Å². The number of fused-ring (bicyclic) bond motifs is 1. The third kappa shape index (κ3) is 4.31. The number of anilines is 1. The molecule has 1 aliphatic heterocycles. The number of nitrogens with one attached hydrogen (secondary N) is 1. The zero-order chi connectivity index (χ0) is 21.4. The molecular weight excluding hydrogens is 418 g/mol. The maximum Gasteiger partial charge on any atom is 0.296 e. The maximum atomic E-state index is 11.0. The van der Waals surface area contributed by atoms with E-state index in [0.717, 1.165) is 55.9 Å². The summed E-state index contributed by atoms with van der Waals surface area (Å²) in [6.45, 7) is 3.29. The van der Waals surface area contributed by atoms with E-state index < -0.39 is 0 Å². The number of primary amides is 1. The summed E-state index contributed by atoms with van der Waals surface area (Å²) in [4.78, 5) is 25.6. The Labute approximate surface area is 184 Å². The first kappa shape index (κ1) is 20.1. The number of hydrogen-bond acceptors (Lipinski definition) is 6. The number of aromatic nitrogens is 3. The zero-order valence-corrected chi connectivity index (χ0v) is 17.8. The van der Waals surface area contributed by atoms with Crippen LogP contribution in [0.3, 0.4) is 0 Å². The number of nitrogens with zero attached hydrogens (tertiary/aromatic N) is 3. The molecular formula is C22H24ClN5O3. The topological polar surface area (TPSA) is 106 Å². The molecule has 31 heavy (non-hydrogen) atoms. The molecule has 3 aromatic rings. The van der Waals surface area contributed by atoms with Gasteiger partial charge in [0.25, 0.3) is 6.01 Å². The maximum absolute atomic E-state index is 11.0. The summed E-state index contributed by atoms with van der Waals surface area (Å²) in [7, 11) is 0. The molecule has 1 saturated carbocycles. The average Bonchev–Trinajstić information content (AvgIpc) is 3.13. The lowest BCUT2D eigenvalue weighted by atomic mass is 9.80. The fraction of sp³-hybridized carbons (Fsp3) is 0.409. The molecule has 0 bridgehead atoms. The van der Waals surface area contributed by atoms with Gasteiger partial charge in [0, 0.05) is 30.8 Å². The van der Waals surface area contributed by atoms with Gasteiger partial charge in [-0.05, 0) is 37.0 Å². The number of aromatic amines is 1. The molecule has 3 heterocycles. The van der Waals surface area contributed by atoms with Gasteiger partial charge in [-0.3, -0.25) is 4.79 Å². The van der Waals surface area contributed by atoms with Gasteiger partial charge in [0.05, 0.1) is 29.4 Å². The van der Waals surface area contributed by atoms with Crippen molar-refractivity contribution in [3.8, 4) is 17.3 Å². The number of benzene rings is 1. The van der Waals surface area contributed by atoms with Gasteiger partial charge in [0.2, 0.25) is 5.91 Å². The van der Waals surface area contributed by atoms with Crippen LogP contribution in [0.1, 0.15) is 19.3 Å². The Bertz CT molecular complexity index is 1090. The number of H-pyrrole nitrogens is 1. The summed E-state index contributed by atoms with van der Waals surface area (Å²) in [5.74, 6) is 0.0306. The lowest BCUT2D eigenvalue weighted by molar-refractivity contribution is -0.120. The Morgan fingerprint density at radius 2 is 1.97 bits per heavy atom. The van der Waals surface area contributed by atoms with Crippen LogP contribution in [0.4, 0.5) is 5.69 Å². The van der Waals surface area contributed by atoms with Crippen LogP contribution in [0, 0.1) is 5.92 Å². The third-order valence-corrected chi connectivity index (χ3v) is 6.17. The molecule has 1 saturated heterocycles. The minimum absolute atomic E-state index is 0.0348. The second-order valence-corrected chi connectivity index (χ2v) is 8.53. The van der Waals surface area contributed by atoms with Crippen LogP contribution in [-0.2, 0) is 9.53 Å². The molecule has 0 spiro atoms. The van der Waals surface area contributed by atoms with Crippen molar-refractivity contribution >= 4 is 34.4 Å². The Morgan fingerprint density at radius 1 is 1.23 bits per heavy atom. The molecule has 2 aliphatic rings. The molecule has 2 aromatic heterocycles. The van der Waals surface area contributed by atoms with E-state index in [1.807, 2.05) is 18.2 Å². The van der Waals surface area contributed by atoms with E-state index in [2.05, 4.69) is 32.0 Å². The molecule has 0 atom stereocenters. The van der Waals surface area contributed by atoms with Gasteiger partial charge >= 0.3 is 0 Å². The summed E-state index contributed by atoms with van der Waals surface area (Å²) < 4.78 is 11.3. The van der Waals surface area contributed by atoms with E-state index in [-0.39, 0.29) is 12.0 Å². The van der Waals surface area contributed by atoms with Crippen LogP contribution in [-0.4, -0.2) is 53.3 Å². The Morgan fingerprint density at radius 3 is 2.68 bits per heavy atom. The number of rotatable bonds is 6. The summed E-state index contributed by atoms with van der Waals surface area (Å²) in [5.41, 5.74) is 9.31. The minimum Gasteiger partial charge on any atom is -0.461 e. The number of pyridine rings is 1. The Kier molecular flexibility index (Phi) is 5.41. The highest BCUT2D eigenvalue weighted by atomic mass is 35.5. The number of morpholine rings is 1. The van der Waals surface area contributed by atoms with Crippen LogP contribution >= 0.6 is 11.6 Å². The van der Waals surface area contributed by atoms with E-state index in [1.54, 1.807) is 0 Å². The number of nitrogens with two attached hydrogens (primary N) is 1. The second-order valence-electron chi connectivity index (χ2n) is 8.13. The van der Waals surface area contributed by atoms with E-state index >= 15 is 0 Å². The Hall–Kier alpha value is -2.84. The van der Waals surface area contributed by atoms with Gasteiger partial charge in [-0.25, -0.2) is 4.98 Å². The summed E-state index contributed by atoms with van der Waals surface area (Å²) in [5, 5.41) is 0.548. The lowest BCUT2D eigenvalue weighted by Gasteiger charge is -2.33. The number of imidazole rings is 1. The molecule has 0 unspecified atom stereocenters. The fourth-order valence-electron chi connectivity index (χ4n) is 4.19. The minimum atomic E-state index is -0.267. The third-order valence-electron chi connectivity index (χ3n) is 5.88. The standard InChI is InChI=1S/C22H24ClN5O3/c23-17-12-18-21(27-22(25-18)31-16-9-13(10-16)11-19(24)29)26-20(17)14-1-3-15(4-2-14)28-5-7-30-8-6-28/h1-4,12-13,16H,5-11H2,(H2,24,29)(H,25,26,27). The molecule has 1 aliphatic carbocycles. The molecule has 5 rings (SSSR count). The fourth-order valence-corrected chi connectivity index (χ4v) is 4.45. The van der Waals surface area contributed by atoms with Gasteiger partial charge in [-0.2, -0.15) is 4.98 Å². The summed E-state index contributed by atoms with van der Waals surface area (Å²) >= 11 is 6.53. The van der Waals surface area contributed by atoms with Crippen LogP contribution in [0.2, 0.25) is 5.02 Å². The second kappa shape index (κ2) is 8.36. The van der Waals surface area contributed by atoms with Crippen molar-refractivity contribution in [1.82, 2.24) is 15.0 Å². The van der Waals surface area contributed by atoms with Crippen molar-refractivity contribution in [2.24, 2.45) is 11.7 Å². The first-order valence-electron chi connectivity index (χ1n) is 10.5. The van der Waals surface area contributed by atoms with Gasteiger partial charge in [-0.1, -0.05) is 23.7 Å². The van der Waals surface area contributed by atoms with Crippen molar-refractivity contribution in [1.29, 1.82) is 0 Å². The highest BCUT2D eigenvalue weighted by molar-refractivity contribution is 6.33.